The van der Waals surface area contributed by atoms with Gasteiger partial charge in [0.1, 0.15) is 10.8 Å². The monoisotopic (exact) mass is 263 g/mol. The summed E-state index contributed by atoms with van der Waals surface area (Å²) in [6.45, 7) is 0.0436. The lowest BCUT2D eigenvalue weighted by Crippen LogP contribution is -2.23. The van der Waals surface area contributed by atoms with E-state index < -0.39 is 5.82 Å². The van der Waals surface area contributed by atoms with Gasteiger partial charge in [-0.15, -0.1) is 0 Å². The normalized spacial score (nSPS) is 10.3. The van der Waals surface area contributed by atoms with Crippen LogP contribution in [0.25, 0.3) is 0 Å². The summed E-state index contributed by atoms with van der Waals surface area (Å²) in [5.41, 5.74) is 5.61. The quantitative estimate of drug-likeness (QED) is 0.841. The fourth-order valence-corrected chi connectivity index (χ4v) is 1.72. The molecule has 0 saturated heterocycles. The van der Waals surface area contributed by atoms with E-state index in [-0.39, 0.29) is 22.7 Å². The molecule has 0 unspecified atom stereocenters. The Morgan fingerprint density at radius 1 is 1.39 bits per heavy atom. The van der Waals surface area contributed by atoms with Crippen LogP contribution < -0.4 is 11.3 Å². The largest absolute Gasteiger partial charge is 0.389 e. The second kappa shape index (κ2) is 5.05. The van der Waals surface area contributed by atoms with Crippen molar-refractivity contribution in [3.63, 3.8) is 0 Å². The fourth-order valence-electron chi connectivity index (χ4n) is 1.56. The fraction of sp³-hybridized carbons (Fsp3) is 0.0833. The van der Waals surface area contributed by atoms with Crippen molar-refractivity contribution in [1.29, 1.82) is 0 Å². The Balaban J connectivity index is 2.42. The van der Waals surface area contributed by atoms with Gasteiger partial charge in [-0.05, 0) is 12.1 Å². The van der Waals surface area contributed by atoms with Gasteiger partial charge in [0.15, 0.2) is 0 Å². The molecule has 0 aliphatic rings. The molecule has 0 fully saturated rings. The maximum absolute atomic E-state index is 14.0. The molecular formula is C12H10FN3OS. The lowest BCUT2D eigenvalue weighted by molar-refractivity contribution is 0.571. The van der Waals surface area contributed by atoms with Crippen LogP contribution in [0.15, 0.2) is 41.3 Å². The third-order valence-electron chi connectivity index (χ3n) is 2.45. The molecule has 1 heterocycles. The van der Waals surface area contributed by atoms with Crippen molar-refractivity contribution in [2.45, 2.75) is 6.54 Å². The van der Waals surface area contributed by atoms with Gasteiger partial charge in [-0.25, -0.2) is 9.07 Å². The molecule has 0 saturated carbocycles. The van der Waals surface area contributed by atoms with Gasteiger partial charge in [-0.3, -0.25) is 4.79 Å². The van der Waals surface area contributed by atoms with E-state index in [0.29, 0.717) is 5.56 Å². The number of thiocarbonyl (C=S) groups is 1. The highest BCUT2D eigenvalue weighted by Crippen LogP contribution is 2.13. The Labute approximate surface area is 108 Å². The van der Waals surface area contributed by atoms with Crippen LogP contribution in [0.4, 0.5) is 4.39 Å². The molecule has 1 aromatic carbocycles. The van der Waals surface area contributed by atoms with Crippen LogP contribution in [0, 0.1) is 5.82 Å². The first-order valence-corrected chi connectivity index (χ1v) is 5.60. The van der Waals surface area contributed by atoms with Crippen molar-refractivity contribution in [3.8, 4) is 0 Å². The van der Waals surface area contributed by atoms with Crippen LogP contribution in [0.1, 0.15) is 11.1 Å². The molecule has 2 aromatic rings. The molecule has 0 radical (unpaired) electrons. The molecule has 0 spiro atoms. The molecule has 2 rings (SSSR count). The number of nitrogens with two attached hydrogens (primary N) is 1. The van der Waals surface area contributed by atoms with Crippen molar-refractivity contribution < 1.29 is 4.39 Å². The van der Waals surface area contributed by atoms with Gasteiger partial charge in [0.25, 0.3) is 5.56 Å². The highest BCUT2D eigenvalue weighted by Gasteiger charge is 2.10. The summed E-state index contributed by atoms with van der Waals surface area (Å²) in [5.74, 6) is -0.512. The maximum Gasteiger partial charge on any atom is 0.267 e. The maximum atomic E-state index is 14.0. The number of nitrogens with zero attached hydrogens (tertiary/aromatic N) is 2. The van der Waals surface area contributed by atoms with E-state index in [4.69, 9.17) is 18.0 Å². The Bertz CT molecular complexity index is 654. The summed E-state index contributed by atoms with van der Waals surface area (Å²) in [6.07, 6.45) is 1.47. The summed E-state index contributed by atoms with van der Waals surface area (Å²) < 4.78 is 15.2. The molecule has 1 aromatic heterocycles. The smallest absolute Gasteiger partial charge is 0.267 e. The van der Waals surface area contributed by atoms with Crippen LogP contribution in [0.5, 0.6) is 0 Å². The van der Waals surface area contributed by atoms with Gasteiger partial charge >= 0.3 is 0 Å². The summed E-state index contributed by atoms with van der Waals surface area (Å²) in [7, 11) is 0. The molecule has 0 aliphatic heterocycles. The molecule has 0 bridgehead atoms. The van der Waals surface area contributed by atoms with Crippen LogP contribution in [0.2, 0.25) is 0 Å². The highest BCUT2D eigenvalue weighted by atomic mass is 32.1. The number of hydrogen-bond acceptors (Lipinski definition) is 3. The van der Waals surface area contributed by atoms with Crippen molar-refractivity contribution in [2.24, 2.45) is 5.73 Å². The van der Waals surface area contributed by atoms with Crippen LogP contribution >= 0.6 is 12.2 Å². The van der Waals surface area contributed by atoms with Crippen LogP contribution in [-0.4, -0.2) is 14.8 Å². The topological polar surface area (TPSA) is 60.9 Å². The summed E-state index contributed by atoms with van der Waals surface area (Å²) in [6, 6.07) is 7.60. The predicted octanol–water partition coefficient (Wildman–Crippen LogP) is 1.06. The van der Waals surface area contributed by atoms with E-state index in [1.807, 2.05) is 0 Å². The molecular weight excluding hydrogens is 253 g/mol. The minimum Gasteiger partial charge on any atom is -0.389 e. The lowest BCUT2D eigenvalue weighted by Gasteiger charge is -2.08. The summed E-state index contributed by atoms with van der Waals surface area (Å²) in [5, 5.41) is 3.86. The third-order valence-corrected chi connectivity index (χ3v) is 2.67. The average Bonchev–Trinajstić information content (AvgIpc) is 2.34. The number of rotatable bonds is 3. The second-order valence-corrected chi connectivity index (χ2v) is 4.10. The molecule has 0 aliphatic carbocycles. The number of hydrogen-bond donors (Lipinski definition) is 1. The molecule has 6 heteroatoms. The van der Waals surface area contributed by atoms with Crippen molar-refractivity contribution in [1.82, 2.24) is 9.78 Å². The molecule has 18 heavy (non-hydrogen) atoms. The van der Waals surface area contributed by atoms with Gasteiger partial charge in [-0.1, -0.05) is 24.4 Å². The van der Waals surface area contributed by atoms with Crippen molar-refractivity contribution in [3.05, 3.63) is 63.8 Å². The second-order valence-electron chi connectivity index (χ2n) is 3.66. The van der Waals surface area contributed by atoms with Gasteiger partial charge in [0.05, 0.1) is 6.54 Å². The van der Waals surface area contributed by atoms with Gasteiger partial charge in [0, 0.05) is 23.4 Å². The Kier molecular flexibility index (Phi) is 3.47. The Morgan fingerprint density at radius 3 is 2.83 bits per heavy atom. The summed E-state index contributed by atoms with van der Waals surface area (Å²) in [4.78, 5) is 11.5. The minimum atomic E-state index is -0.512. The zero-order valence-electron chi connectivity index (χ0n) is 9.34. The van der Waals surface area contributed by atoms with Gasteiger partial charge in [0.2, 0.25) is 0 Å². The first kappa shape index (κ1) is 12.4. The standard InChI is InChI=1S/C12H10FN3OS/c13-11-8(3-1-4-9(11)12(14)18)7-16-10(17)5-2-6-15-16/h1-6H,7H2,(H2,14,18). The molecule has 2 N–H and O–H groups in total. The van der Waals surface area contributed by atoms with Crippen LogP contribution in [0.3, 0.4) is 0 Å². The predicted molar refractivity (Wildman–Crippen MR) is 69.9 cm³/mol. The Hall–Kier alpha value is -2.08. The van der Waals surface area contributed by atoms with E-state index in [0.717, 1.165) is 0 Å². The molecule has 92 valence electrons. The number of benzene rings is 1. The third kappa shape index (κ3) is 2.43. The SMILES string of the molecule is NC(=S)c1cccc(Cn2ncccc2=O)c1F. The van der Waals surface area contributed by atoms with E-state index in [2.05, 4.69) is 5.10 Å². The van der Waals surface area contributed by atoms with E-state index in [9.17, 15) is 9.18 Å². The molecule has 0 atom stereocenters. The first-order chi connectivity index (χ1) is 8.59. The number of aromatic nitrogens is 2. The van der Waals surface area contributed by atoms with E-state index in [1.54, 1.807) is 12.1 Å². The van der Waals surface area contributed by atoms with E-state index >= 15 is 0 Å². The lowest BCUT2D eigenvalue weighted by atomic mass is 10.1. The van der Waals surface area contributed by atoms with Gasteiger partial charge < -0.3 is 5.73 Å². The average molecular weight is 263 g/mol. The summed E-state index contributed by atoms with van der Waals surface area (Å²) >= 11 is 4.75. The number of halogens is 1. The van der Waals surface area contributed by atoms with Gasteiger partial charge in [-0.2, -0.15) is 5.10 Å². The van der Waals surface area contributed by atoms with Crippen molar-refractivity contribution >= 4 is 17.2 Å². The van der Waals surface area contributed by atoms with E-state index in [1.165, 1.54) is 29.1 Å². The first-order valence-electron chi connectivity index (χ1n) is 5.19. The minimum absolute atomic E-state index is 0.0114. The zero-order valence-corrected chi connectivity index (χ0v) is 10.2. The zero-order chi connectivity index (χ0) is 13.1. The molecule has 4 nitrogen and oxygen atoms in total. The van der Waals surface area contributed by atoms with Crippen molar-refractivity contribution in [2.75, 3.05) is 0 Å². The molecule has 0 amide bonds. The Morgan fingerprint density at radius 2 is 2.17 bits per heavy atom. The van der Waals surface area contributed by atoms with Crippen LogP contribution in [-0.2, 0) is 6.54 Å². The highest BCUT2D eigenvalue weighted by molar-refractivity contribution is 7.80.